The highest BCUT2D eigenvalue weighted by atomic mass is 16.4. The van der Waals surface area contributed by atoms with Crippen LogP contribution in [0.1, 0.15) is 31.2 Å². The molecule has 3 fully saturated rings. The topological polar surface area (TPSA) is 89.9 Å². The van der Waals surface area contributed by atoms with E-state index < -0.39 is 5.97 Å². The average Bonchev–Trinajstić information content (AvgIpc) is 3.18. The fraction of sp³-hybridized carbons (Fsp3) is 0.591. The summed E-state index contributed by atoms with van der Waals surface area (Å²) in [6, 6.07) is 9.98. The Bertz CT molecular complexity index is 780. The largest absolute Gasteiger partial charge is 0.480 e. The zero-order chi connectivity index (χ0) is 20.4. The SMILES string of the molecule is O=C(O)CNC(=O)N1CC2CN(C(=O)C3CCC3)CC2(CCc2ccccc2)C1. The maximum Gasteiger partial charge on any atom is 0.323 e. The lowest BCUT2D eigenvalue weighted by molar-refractivity contribution is -0.138. The van der Waals surface area contributed by atoms with Gasteiger partial charge < -0.3 is 20.2 Å². The van der Waals surface area contributed by atoms with Crippen molar-refractivity contribution in [1.29, 1.82) is 0 Å². The zero-order valence-corrected chi connectivity index (χ0v) is 16.7. The predicted molar refractivity (Wildman–Crippen MR) is 107 cm³/mol. The molecule has 3 aliphatic rings. The standard InChI is InChI=1S/C22H29N3O4/c26-19(27)11-23-21(29)25-13-18-12-24(20(28)17-7-4-8-17)14-22(18,15-25)10-9-16-5-2-1-3-6-16/h1-3,5-6,17-18H,4,7-15H2,(H,23,29)(H,26,27). The van der Waals surface area contributed by atoms with Gasteiger partial charge in [0, 0.05) is 43.4 Å². The third kappa shape index (κ3) is 4.09. The molecule has 2 unspecified atom stereocenters. The number of benzene rings is 1. The Balaban J connectivity index is 1.46. The van der Waals surface area contributed by atoms with Crippen molar-refractivity contribution in [3.63, 3.8) is 0 Å². The number of urea groups is 1. The molecule has 2 atom stereocenters. The van der Waals surface area contributed by atoms with Gasteiger partial charge in [-0.25, -0.2) is 4.79 Å². The molecule has 1 aliphatic carbocycles. The summed E-state index contributed by atoms with van der Waals surface area (Å²) in [4.78, 5) is 39.8. The van der Waals surface area contributed by atoms with Crippen molar-refractivity contribution in [3.05, 3.63) is 35.9 Å². The van der Waals surface area contributed by atoms with E-state index in [-0.39, 0.29) is 35.7 Å². The van der Waals surface area contributed by atoms with Crippen LogP contribution in [0.15, 0.2) is 30.3 Å². The molecule has 0 spiro atoms. The second kappa shape index (κ2) is 8.05. The van der Waals surface area contributed by atoms with Crippen LogP contribution in [0.2, 0.25) is 0 Å². The molecule has 156 valence electrons. The smallest absolute Gasteiger partial charge is 0.323 e. The van der Waals surface area contributed by atoms with Crippen LogP contribution >= 0.6 is 0 Å². The molecule has 2 heterocycles. The van der Waals surface area contributed by atoms with Crippen LogP contribution in [-0.4, -0.2) is 65.5 Å². The van der Waals surface area contributed by atoms with Crippen LogP contribution in [0.5, 0.6) is 0 Å². The molecule has 1 aromatic carbocycles. The summed E-state index contributed by atoms with van der Waals surface area (Å²) < 4.78 is 0. The van der Waals surface area contributed by atoms with E-state index in [1.165, 1.54) is 5.56 Å². The van der Waals surface area contributed by atoms with Crippen LogP contribution in [0.3, 0.4) is 0 Å². The Kier molecular flexibility index (Phi) is 5.48. The van der Waals surface area contributed by atoms with E-state index in [1.807, 2.05) is 23.1 Å². The minimum Gasteiger partial charge on any atom is -0.480 e. The maximum absolute atomic E-state index is 12.8. The van der Waals surface area contributed by atoms with E-state index in [1.54, 1.807) is 4.90 Å². The maximum atomic E-state index is 12.8. The Morgan fingerprint density at radius 2 is 1.76 bits per heavy atom. The van der Waals surface area contributed by atoms with Gasteiger partial charge in [0.25, 0.3) is 0 Å². The monoisotopic (exact) mass is 399 g/mol. The van der Waals surface area contributed by atoms with E-state index in [4.69, 9.17) is 5.11 Å². The van der Waals surface area contributed by atoms with Gasteiger partial charge in [-0.1, -0.05) is 36.8 Å². The molecule has 2 aliphatic heterocycles. The average molecular weight is 399 g/mol. The van der Waals surface area contributed by atoms with Crippen LogP contribution in [0, 0.1) is 17.3 Å². The molecule has 0 bridgehead atoms. The van der Waals surface area contributed by atoms with Gasteiger partial charge in [0.2, 0.25) is 5.91 Å². The van der Waals surface area contributed by atoms with Gasteiger partial charge >= 0.3 is 12.0 Å². The van der Waals surface area contributed by atoms with E-state index in [0.29, 0.717) is 26.2 Å². The van der Waals surface area contributed by atoms with Crippen molar-refractivity contribution in [3.8, 4) is 0 Å². The molecule has 2 saturated heterocycles. The summed E-state index contributed by atoms with van der Waals surface area (Å²) in [5.41, 5.74) is 1.15. The lowest BCUT2D eigenvalue weighted by Crippen LogP contribution is -2.45. The molecule has 3 amide bonds. The highest BCUT2D eigenvalue weighted by Gasteiger charge is 2.54. The van der Waals surface area contributed by atoms with Gasteiger partial charge in [-0.05, 0) is 31.2 Å². The van der Waals surface area contributed by atoms with Crippen molar-refractivity contribution >= 4 is 17.9 Å². The number of likely N-dealkylation sites (tertiary alicyclic amines) is 2. The van der Waals surface area contributed by atoms with Crippen LogP contribution < -0.4 is 5.32 Å². The van der Waals surface area contributed by atoms with E-state index in [9.17, 15) is 14.4 Å². The van der Waals surface area contributed by atoms with E-state index in [0.717, 1.165) is 32.1 Å². The number of nitrogens with one attached hydrogen (secondary N) is 1. The molecule has 1 aromatic rings. The fourth-order valence-electron chi connectivity index (χ4n) is 5.07. The number of amides is 3. The number of carbonyl (C=O) groups is 3. The number of hydrogen-bond acceptors (Lipinski definition) is 3. The highest BCUT2D eigenvalue weighted by Crippen LogP contribution is 2.47. The Morgan fingerprint density at radius 1 is 1.07 bits per heavy atom. The lowest BCUT2D eigenvalue weighted by Gasteiger charge is -2.32. The summed E-state index contributed by atoms with van der Waals surface area (Å²) in [7, 11) is 0. The van der Waals surface area contributed by atoms with Crippen molar-refractivity contribution in [2.75, 3.05) is 32.7 Å². The number of aryl methyl sites for hydroxylation is 1. The van der Waals surface area contributed by atoms with Crippen molar-refractivity contribution in [1.82, 2.24) is 15.1 Å². The molecule has 7 heteroatoms. The van der Waals surface area contributed by atoms with Crippen LogP contribution in [0.25, 0.3) is 0 Å². The Morgan fingerprint density at radius 3 is 2.41 bits per heavy atom. The lowest BCUT2D eigenvalue weighted by atomic mass is 9.76. The van der Waals surface area contributed by atoms with Gasteiger partial charge in [-0.2, -0.15) is 0 Å². The first kappa shape index (κ1) is 19.7. The Hall–Kier alpha value is -2.57. The highest BCUT2D eigenvalue weighted by molar-refractivity contribution is 5.81. The number of hydrogen-bond donors (Lipinski definition) is 2. The van der Waals surface area contributed by atoms with Crippen molar-refractivity contribution < 1.29 is 19.5 Å². The molecular formula is C22H29N3O4. The van der Waals surface area contributed by atoms with Crippen LogP contribution in [-0.2, 0) is 16.0 Å². The van der Waals surface area contributed by atoms with Gasteiger partial charge in [0.1, 0.15) is 6.54 Å². The zero-order valence-electron chi connectivity index (χ0n) is 16.7. The number of aliphatic carboxylic acids is 1. The minimum atomic E-state index is -1.05. The third-order valence-electron chi connectivity index (χ3n) is 6.96. The van der Waals surface area contributed by atoms with Crippen molar-refractivity contribution in [2.24, 2.45) is 17.3 Å². The summed E-state index contributed by atoms with van der Waals surface area (Å²) in [5.74, 6) is -0.332. The number of rotatable bonds is 6. The number of carboxylic acids is 1. The second-order valence-electron chi connectivity index (χ2n) is 8.82. The molecule has 7 nitrogen and oxygen atoms in total. The summed E-state index contributed by atoms with van der Waals surface area (Å²) in [6.45, 7) is 2.18. The van der Waals surface area contributed by atoms with Gasteiger partial charge in [0.05, 0.1) is 0 Å². The van der Waals surface area contributed by atoms with Gasteiger partial charge in [-0.3, -0.25) is 9.59 Å². The van der Waals surface area contributed by atoms with Gasteiger partial charge in [-0.15, -0.1) is 0 Å². The van der Waals surface area contributed by atoms with Crippen molar-refractivity contribution in [2.45, 2.75) is 32.1 Å². The summed E-state index contributed by atoms with van der Waals surface area (Å²) in [6.07, 6.45) is 4.97. The minimum absolute atomic E-state index is 0.115. The normalized spacial score (nSPS) is 26.1. The quantitative estimate of drug-likeness (QED) is 0.765. The molecular weight excluding hydrogens is 370 g/mol. The van der Waals surface area contributed by atoms with E-state index >= 15 is 0 Å². The first-order chi connectivity index (χ1) is 14.0. The summed E-state index contributed by atoms with van der Waals surface area (Å²) >= 11 is 0. The van der Waals surface area contributed by atoms with Gasteiger partial charge in [0.15, 0.2) is 0 Å². The number of carbonyl (C=O) groups excluding carboxylic acids is 2. The van der Waals surface area contributed by atoms with E-state index in [2.05, 4.69) is 17.4 Å². The fourth-order valence-corrected chi connectivity index (χ4v) is 5.07. The molecule has 4 rings (SSSR count). The molecule has 0 aromatic heterocycles. The Labute approximate surface area is 171 Å². The molecule has 1 saturated carbocycles. The predicted octanol–water partition coefficient (Wildman–Crippen LogP) is 1.97. The summed E-state index contributed by atoms with van der Waals surface area (Å²) in [5, 5.41) is 11.3. The third-order valence-corrected chi connectivity index (χ3v) is 6.96. The number of nitrogens with zero attached hydrogens (tertiary/aromatic N) is 2. The molecule has 0 radical (unpaired) electrons. The molecule has 29 heavy (non-hydrogen) atoms. The second-order valence-corrected chi connectivity index (χ2v) is 8.82. The first-order valence-electron chi connectivity index (χ1n) is 10.5. The van der Waals surface area contributed by atoms with Crippen LogP contribution in [0.4, 0.5) is 4.79 Å². The number of fused-ring (bicyclic) bond motifs is 1. The first-order valence-corrected chi connectivity index (χ1v) is 10.5. The molecule has 2 N–H and O–H groups in total. The number of carboxylic acid groups (broad SMARTS) is 1.